The second-order valence-corrected chi connectivity index (χ2v) is 5.93. The summed E-state index contributed by atoms with van der Waals surface area (Å²) in [6, 6.07) is 0.734. The van der Waals surface area contributed by atoms with Crippen molar-refractivity contribution < 1.29 is 4.74 Å². The van der Waals surface area contributed by atoms with Gasteiger partial charge in [0.25, 0.3) is 0 Å². The van der Waals surface area contributed by atoms with Gasteiger partial charge >= 0.3 is 0 Å². The Morgan fingerprint density at radius 2 is 1.94 bits per heavy atom. The van der Waals surface area contributed by atoms with Crippen molar-refractivity contribution in [2.75, 3.05) is 33.3 Å². The number of nitrogens with zero attached hydrogens (tertiary/aromatic N) is 1. The standard InChI is InChI=1S/C15H30N2O/c1-3-17(12-14-8-6-10-18-14)11-13-7-4-5-9-15(13)16-2/h13-16H,3-12H2,1-2H3. The fourth-order valence-corrected chi connectivity index (χ4v) is 3.55. The van der Waals surface area contributed by atoms with Crippen LogP contribution in [0.15, 0.2) is 0 Å². The van der Waals surface area contributed by atoms with E-state index in [1.54, 1.807) is 0 Å². The van der Waals surface area contributed by atoms with E-state index in [0.717, 1.165) is 31.7 Å². The van der Waals surface area contributed by atoms with Gasteiger partial charge in [-0.25, -0.2) is 0 Å². The van der Waals surface area contributed by atoms with Crippen LogP contribution >= 0.6 is 0 Å². The maximum absolute atomic E-state index is 5.77. The van der Waals surface area contributed by atoms with E-state index in [-0.39, 0.29) is 0 Å². The molecule has 3 atom stereocenters. The molecule has 3 heteroatoms. The van der Waals surface area contributed by atoms with E-state index in [4.69, 9.17) is 4.74 Å². The molecule has 1 aliphatic heterocycles. The van der Waals surface area contributed by atoms with Crippen LogP contribution in [-0.4, -0.2) is 50.3 Å². The third kappa shape index (κ3) is 3.94. The highest BCUT2D eigenvalue weighted by Crippen LogP contribution is 2.25. The lowest BCUT2D eigenvalue weighted by Gasteiger charge is -2.35. The molecule has 106 valence electrons. The number of rotatable bonds is 6. The average Bonchev–Trinajstić information content (AvgIpc) is 2.91. The van der Waals surface area contributed by atoms with Gasteiger partial charge in [-0.3, -0.25) is 0 Å². The van der Waals surface area contributed by atoms with E-state index >= 15 is 0 Å². The van der Waals surface area contributed by atoms with E-state index in [0.29, 0.717) is 6.10 Å². The van der Waals surface area contributed by atoms with E-state index < -0.39 is 0 Å². The summed E-state index contributed by atoms with van der Waals surface area (Å²) < 4.78 is 5.77. The molecule has 1 aliphatic carbocycles. The molecular formula is C15H30N2O. The van der Waals surface area contributed by atoms with E-state index in [1.807, 2.05) is 0 Å². The summed E-state index contributed by atoms with van der Waals surface area (Å²) in [5.41, 5.74) is 0. The van der Waals surface area contributed by atoms with Crippen molar-refractivity contribution in [3.8, 4) is 0 Å². The molecule has 2 rings (SSSR count). The van der Waals surface area contributed by atoms with E-state index in [2.05, 4.69) is 24.2 Å². The Bertz CT molecular complexity index is 229. The Morgan fingerprint density at radius 1 is 1.11 bits per heavy atom. The molecular weight excluding hydrogens is 224 g/mol. The highest BCUT2D eigenvalue weighted by molar-refractivity contribution is 4.83. The van der Waals surface area contributed by atoms with Gasteiger partial charge in [0.1, 0.15) is 0 Å². The van der Waals surface area contributed by atoms with Crippen molar-refractivity contribution >= 4 is 0 Å². The molecule has 0 bridgehead atoms. The molecule has 0 spiro atoms. The van der Waals surface area contributed by atoms with Crippen LogP contribution < -0.4 is 5.32 Å². The Kier molecular flexibility index (Phi) is 5.93. The summed E-state index contributed by atoms with van der Waals surface area (Å²) in [6.45, 7) is 6.81. The number of ether oxygens (including phenoxy) is 1. The van der Waals surface area contributed by atoms with Crippen LogP contribution in [0, 0.1) is 5.92 Å². The van der Waals surface area contributed by atoms with Crippen molar-refractivity contribution in [2.24, 2.45) is 5.92 Å². The summed E-state index contributed by atoms with van der Waals surface area (Å²) in [6.07, 6.45) is 8.59. The minimum Gasteiger partial charge on any atom is -0.377 e. The maximum atomic E-state index is 5.77. The number of hydrogen-bond acceptors (Lipinski definition) is 3. The Morgan fingerprint density at radius 3 is 2.61 bits per heavy atom. The van der Waals surface area contributed by atoms with Gasteiger partial charge in [0.15, 0.2) is 0 Å². The summed E-state index contributed by atoms with van der Waals surface area (Å²) in [4.78, 5) is 2.61. The molecule has 0 radical (unpaired) electrons. The smallest absolute Gasteiger partial charge is 0.0702 e. The minimum atomic E-state index is 0.501. The van der Waals surface area contributed by atoms with Gasteiger partial charge in [-0.2, -0.15) is 0 Å². The summed E-state index contributed by atoms with van der Waals surface area (Å²) in [7, 11) is 2.12. The third-order valence-corrected chi connectivity index (χ3v) is 4.71. The quantitative estimate of drug-likeness (QED) is 0.787. The van der Waals surface area contributed by atoms with Crippen molar-refractivity contribution in [3.63, 3.8) is 0 Å². The number of nitrogens with one attached hydrogen (secondary N) is 1. The maximum Gasteiger partial charge on any atom is 0.0702 e. The van der Waals surface area contributed by atoms with Crippen LogP contribution in [0.5, 0.6) is 0 Å². The predicted molar refractivity (Wildman–Crippen MR) is 75.9 cm³/mol. The SMILES string of the molecule is CCN(CC1CCCO1)CC1CCCCC1NC. The first-order valence-electron chi connectivity index (χ1n) is 7.84. The van der Waals surface area contributed by atoms with Crippen LogP contribution in [0.1, 0.15) is 45.4 Å². The zero-order valence-corrected chi connectivity index (χ0v) is 12.2. The monoisotopic (exact) mass is 254 g/mol. The second-order valence-electron chi connectivity index (χ2n) is 5.93. The number of likely N-dealkylation sites (N-methyl/N-ethyl adjacent to an activating group) is 1. The lowest BCUT2D eigenvalue weighted by Crippen LogP contribution is -2.44. The molecule has 1 saturated carbocycles. The van der Waals surface area contributed by atoms with Crippen molar-refractivity contribution in [1.82, 2.24) is 10.2 Å². The molecule has 2 aliphatic rings. The highest BCUT2D eigenvalue weighted by Gasteiger charge is 2.26. The first-order valence-corrected chi connectivity index (χ1v) is 7.84. The molecule has 1 heterocycles. The fourth-order valence-electron chi connectivity index (χ4n) is 3.55. The highest BCUT2D eigenvalue weighted by atomic mass is 16.5. The van der Waals surface area contributed by atoms with Crippen molar-refractivity contribution in [3.05, 3.63) is 0 Å². The second kappa shape index (κ2) is 7.46. The first-order chi connectivity index (χ1) is 8.83. The van der Waals surface area contributed by atoms with Gasteiger partial charge < -0.3 is 15.0 Å². The lowest BCUT2D eigenvalue weighted by molar-refractivity contribution is 0.0636. The molecule has 0 aromatic rings. The number of hydrogen-bond donors (Lipinski definition) is 1. The largest absolute Gasteiger partial charge is 0.377 e. The summed E-state index contributed by atoms with van der Waals surface area (Å²) >= 11 is 0. The van der Waals surface area contributed by atoms with E-state index in [1.165, 1.54) is 45.1 Å². The molecule has 2 fully saturated rings. The van der Waals surface area contributed by atoms with Crippen LogP contribution in [0.25, 0.3) is 0 Å². The molecule has 1 N–H and O–H groups in total. The molecule has 3 unspecified atom stereocenters. The molecule has 0 aromatic carbocycles. The van der Waals surface area contributed by atoms with Crippen LogP contribution in [0.2, 0.25) is 0 Å². The van der Waals surface area contributed by atoms with Crippen LogP contribution in [0.3, 0.4) is 0 Å². The van der Waals surface area contributed by atoms with Gasteiger partial charge in [-0.15, -0.1) is 0 Å². The molecule has 0 amide bonds. The van der Waals surface area contributed by atoms with Crippen molar-refractivity contribution in [2.45, 2.75) is 57.6 Å². The first kappa shape index (κ1) is 14.3. The summed E-state index contributed by atoms with van der Waals surface area (Å²) in [5.74, 6) is 0.838. The van der Waals surface area contributed by atoms with Crippen LogP contribution in [-0.2, 0) is 4.74 Å². The third-order valence-electron chi connectivity index (χ3n) is 4.71. The Labute approximate surface area is 112 Å². The summed E-state index contributed by atoms with van der Waals surface area (Å²) in [5, 5.41) is 3.52. The topological polar surface area (TPSA) is 24.5 Å². The normalized spacial score (nSPS) is 33.2. The molecule has 3 nitrogen and oxygen atoms in total. The van der Waals surface area contributed by atoms with Gasteiger partial charge in [0, 0.05) is 25.7 Å². The van der Waals surface area contributed by atoms with Crippen LogP contribution in [0.4, 0.5) is 0 Å². The lowest BCUT2D eigenvalue weighted by atomic mass is 9.84. The van der Waals surface area contributed by atoms with Gasteiger partial charge in [-0.05, 0) is 45.2 Å². The van der Waals surface area contributed by atoms with Gasteiger partial charge in [0.2, 0.25) is 0 Å². The van der Waals surface area contributed by atoms with Gasteiger partial charge in [0.05, 0.1) is 6.10 Å². The minimum absolute atomic E-state index is 0.501. The predicted octanol–water partition coefficient (Wildman–Crippen LogP) is 2.27. The Balaban J connectivity index is 1.80. The van der Waals surface area contributed by atoms with E-state index in [9.17, 15) is 0 Å². The van der Waals surface area contributed by atoms with Crippen molar-refractivity contribution in [1.29, 1.82) is 0 Å². The molecule has 18 heavy (non-hydrogen) atoms. The van der Waals surface area contributed by atoms with Gasteiger partial charge in [-0.1, -0.05) is 19.8 Å². The molecule has 0 aromatic heterocycles. The Hall–Kier alpha value is -0.120. The zero-order chi connectivity index (χ0) is 12.8. The molecule has 1 saturated heterocycles. The fraction of sp³-hybridized carbons (Fsp3) is 1.00. The zero-order valence-electron chi connectivity index (χ0n) is 12.2. The average molecular weight is 254 g/mol.